The van der Waals surface area contributed by atoms with E-state index in [-0.39, 0.29) is 20.1 Å². The average molecular weight is 850 g/mol. The Morgan fingerprint density at radius 3 is 2.24 bits per heavy atom. The monoisotopic (exact) mass is 850 g/mol. The van der Waals surface area contributed by atoms with Gasteiger partial charge >= 0.3 is 0 Å². The Labute approximate surface area is 310 Å². The third-order valence-corrected chi connectivity index (χ3v) is 12.3. The second-order valence-electron chi connectivity index (χ2n) is 13.9. The van der Waals surface area contributed by atoms with Gasteiger partial charge in [-0.15, -0.1) is 59.7 Å². The van der Waals surface area contributed by atoms with Gasteiger partial charge in [-0.1, -0.05) is 85.9 Å². The Hall–Kier alpha value is -3.99. The number of thiophene rings is 1. The van der Waals surface area contributed by atoms with Gasteiger partial charge < -0.3 is 9.97 Å². The zero-order valence-corrected chi connectivity index (χ0v) is 33.2. The molecule has 0 aliphatic heterocycles. The number of hydrogen-bond donors (Lipinski definition) is 0. The maximum Gasteiger partial charge on any atom is 0.0798 e. The fraction of sp³-hybridized carbons (Fsp3) is 0.182. The molecular weight excluding hydrogens is 809 g/mol. The first kappa shape index (κ1) is 33.5. The molecule has 8 aromatic rings. The number of hydrogen-bond acceptors (Lipinski definition) is 3. The van der Waals surface area contributed by atoms with E-state index in [9.17, 15) is 0 Å². The van der Waals surface area contributed by atoms with Gasteiger partial charge in [0.2, 0.25) is 0 Å². The minimum atomic E-state index is -1.27. The Bertz CT molecular complexity index is 2490. The fourth-order valence-corrected chi connectivity index (χ4v) is 9.41. The number of aromatic nitrogens is 2. The van der Waals surface area contributed by atoms with Crippen molar-refractivity contribution in [1.29, 1.82) is 0 Å². The zero-order valence-electron chi connectivity index (χ0n) is 30.0. The van der Waals surface area contributed by atoms with Gasteiger partial charge in [0.1, 0.15) is 0 Å². The topological polar surface area (TPSA) is 25.8 Å². The van der Waals surface area contributed by atoms with Crippen molar-refractivity contribution in [3.05, 3.63) is 138 Å². The van der Waals surface area contributed by atoms with Crippen molar-refractivity contribution in [2.45, 2.75) is 53.2 Å². The Balaban J connectivity index is 0.000000204. The molecule has 0 saturated heterocycles. The van der Waals surface area contributed by atoms with E-state index in [0.717, 1.165) is 28.1 Å². The van der Waals surface area contributed by atoms with Gasteiger partial charge in [-0.3, -0.25) is 0 Å². The first-order valence-electron chi connectivity index (χ1n) is 17.0. The van der Waals surface area contributed by atoms with E-state index in [1.165, 1.54) is 58.0 Å². The molecule has 0 fully saturated rings. The van der Waals surface area contributed by atoms with Crippen LogP contribution in [-0.2, 0) is 20.1 Å². The van der Waals surface area contributed by atoms with E-state index in [1.54, 1.807) is 11.3 Å². The molecule has 8 rings (SSSR count). The molecule has 0 aliphatic rings. The zero-order chi connectivity index (χ0) is 34.5. The fourth-order valence-electron chi connectivity index (χ4n) is 6.46. The van der Waals surface area contributed by atoms with Crippen LogP contribution in [-0.4, -0.2) is 18.0 Å². The summed E-state index contributed by atoms with van der Waals surface area (Å²) in [4.78, 5) is 9.22. The van der Waals surface area contributed by atoms with Crippen LogP contribution in [0.3, 0.4) is 0 Å². The van der Waals surface area contributed by atoms with Crippen molar-refractivity contribution in [3.63, 3.8) is 0 Å². The molecule has 5 aromatic carbocycles. The molecule has 0 spiro atoms. The summed E-state index contributed by atoms with van der Waals surface area (Å²) < 4.78 is 10.9. The third kappa shape index (κ3) is 7.18. The molecule has 49 heavy (non-hydrogen) atoms. The van der Waals surface area contributed by atoms with Crippen molar-refractivity contribution >= 4 is 66.3 Å². The maximum absolute atomic E-state index is 8.40. The first-order valence-corrected chi connectivity index (χ1v) is 20.8. The van der Waals surface area contributed by atoms with Gasteiger partial charge in [-0.05, 0) is 98.3 Å². The summed E-state index contributed by atoms with van der Waals surface area (Å²) in [5.74, 6) is -0.663. The summed E-state index contributed by atoms with van der Waals surface area (Å²) >= 11 is 1.80. The summed E-state index contributed by atoms with van der Waals surface area (Å²) in [7, 11) is -1.27. The first-order chi connectivity index (χ1) is 23.3. The third-order valence-electron chi connectivity index (χ3n) is 9.00. The van der Waals surface area contributed by atoms with E-state index in [4.69, 9.17) is 1.37 Å². The summed E-state index contributed by atoms with van der Waals surface area (Å²) in [5, 5.41) is 9.04. The molecule has 1 radical (unpaired) electrons. The van der Waals surface area contributed by atoms with E-state index >= 15 is 0 Å². The largest absolute Gasteiger partial charge is 0.305 e. The number of benzene rings is 5. The molecule has 0 N–H and O–H groups in total. The molecule has 3 aromatic heterocycles. The standard InChI is InChI=1S/C29H22NS.C15H18NSi.Ir/c1-17(2)19-9-10-30-27(15-19)25-6-4-5-24-26-14-22-12-20-8-7-18(3)11-21(20)13-23(22)16-28(26)31-29(24)25;1-12-10-14(13-8-6-5-7-9-13)16-11-15(12)17(2,3)4;/h4-5,7-17H,1-3H3;5-8,10-11H,1-4H3;/q2*-1;/i17D;;. The van der Waals surface area contributed by atoms with E-state index in [2.05, 4.69) is 122 Å². The van der Waals surface area contributed by atoms with Gasteiger partial charge in [0.05, 0.1) is 8.07 Å². The number of fused-ring (bicyclic) bond motifs is 5. The van der Waals surface area contributed by atoms with Gasteiger partial charge in [-0.25, -0.2) is 0 Å². The number of aryl methyl sites for hydroxylation is 2. The van der Waals surface area contributed by atoms with Crippen molar-refractivity contribution in [2.24, 2.45) is 0 Å². The normalized spacial score (nSPS) is 12.1. The Morgan fingerprint density at radius 2 is 1.51 bits per heavy atom. The molecule has 0 amide bonds. The van der Waals surface area contributed by atoms with Gasteiger partial charge in [0, 0.05) is 38.6 Å². The maximum atomic E-state index is 8.40. The second kappa shape index (κ2) is 14.1. The van der Waals surface area contributed by atoms with Crippen molar-refractivity contribution < 1.29 is 21.5 Å². The van der Waals surface area contributed by atoms with Crippen molar-refractivity contribution in [2.75, 3.05) is 0 Å². The van der Waals surface area contributed by atoms with Crippen molar-refractivity contribution in [3.8, 4) is 22.5 Å². The van der Waals surface area contributed by atoms with Gasteiger partial charge in [-0.2, -0.15) is 11.3 Å². The molecule has 2 nitrogen and oxygen atoms in total. The van der Waals surface area contributed by atoms with Crippen LogP contribution in [0.5, 0.6) is 0 Å². The minimum Gasteiger partial charge on any atom is -0.305 e. The Kier molecular flexibility index (Phi) is 9.63. The average Bonchev–Trinajstić information content (AvgIpc) is 3.43. The number of pyridine rings is 2. The van der Waals surface area contributed by atoms with E-state index < -0.39 is 14.0 Å². The van der Waals surface area contributed by atoms with Gasteiger partial charge in [0.15, 0.2) is 0 Å². The minimum absolute atomic E-state index is 0. The molecule has 0 bridgehead atoms. The molecule has 0 saturated carbocycles. The predicted molar refractivity (Wildman–Crippen MR) is 211 cm³/mol. The quantitative estimate of drug-likeness (QED) is 0.100. The molecule has 5 heteroatoms. The molecule has 0 aliphatic carbocycles. The summed E-state index contributed by atoms with van der Waals surface area (Å²) in [6.07, 6.45) is 3.86. The molecule has 0 unspecified atom stereocenters. The van der Waals surface area contributed by atoms with Crippen LogP contribution in [0.15, 0.2) is 109 Å². The van der Waals surface area contributed by atoms with Crippen LogP contribution in [0, 0.1) is 26.0 Å². The predicted octanol–water partition coefficient (Wildman–Crippen LogP) is 12.1. The second-order valence-corrected chi connectivity index (χ2v) is 20.0. The van der Waals surface area contributed by atoms with E-state index in [1.807, 2.05) is 56.4 Å². The molecule has 3 heterocycles. The van der Waals surface area contributed by atoms with Crippen LogP contribution in [0.4, 0.5) is 0 Å². The molecule has 247 valence electrons. The van der Waals surface area contributed by atoms with E-state index in [0.29, 0.717) is 0 Å². The summed E-state index contributed by atoms with van der Waals surface area (Å²) in [6, 6.07) is 40.8. The van der Waals surface area contributed by atoms with Crippen LogP contribution < -0.4 is 5.19 Å². The van der Waals surface area contributed by atoms with Gasteiger partial charge in [0.25, 0.3) is 0 Å². The number of nitrogens with zero attached hydrogens (tertiary/aromatic N) is 2. The molecular formula is C44H40IrN2SSi-2. The van der Waals surface area contributed by atoms with Crippen LogP contribution >= 0.6 is 11.3 Å². The van der Waals surface area contributed by atoms with Crippen LogP contribution in [0.1, 0.15) is 37.8 Å². The SMILES string of the molecule is Cc1cc(-c2[c-]cccc2)ncc1[Si](C)(C)C.[2H]C(C)(C)c1ccnc(-c2[c-]ccc3c2sc2cc4cc5cc(C)ccc5cc4cc23)c1.[Ir]. The number of rotatable bonds is 4. The van der Waals surface area contributed by atoms with Crippen LogP contribution in [0.2, 0.25) is 19.6 Å². The summed E-state index contributed by atoms with van der Waals surface area (Å²) in [5.41, 5.74) is 7.58. The van der Waals surface area contributed by atoms with Crippen LogP contribution in [0.25, 0.3) is 64.2 Å². The molecule has 0 atom stereocenters. The Morgan fingerprint density at radius 1 is 0.735 bits per heavy atom. The van der Waals surface area contributed by atoms with Crippen molar-refractivity contribution in [1.82, 2.24) is 9.97 Å². The smallest absolute Gasteiger partial charge is 0.0798 e. The summed E-state index contributed by atoms with van der Waals surface area (Å²) in [6.45, 7) is 15.2.